The summed E-state index contributed by atoms with van der Waals surface area (Å²) in [5.74, 6) is -1.57. The van der Waals surface area contributed by atoms with Crippen molar-refractivity contribution >= 4 is 11.9 Å². The van der Waals surface area contributed by atoms with Crippen LogP contribution in [0.15, 0.2) is 30.3 Å². The number of benzene rings is 1. The van der Waals surface area contributed by atoms with E-state index in [4.69, 9.17) is 0 Å². The monoisotopic (exact) mass is 330 g/mol. The van der Waals surface area contributed by atoms with Crippen LogP contribution in [0.3, 0.4) is 0 Å². The molecule has 1 aliphatic heterocycles. The SMILES string of the molecule is O=C(O)[C@@H]1CCCC[C@@H]1C(=O)N1CCN(Cc2ccccc2)CC1. The van der Waals surface area contributed by atoms with Gasteiger partial charge in [0.25, 0.3) is 0 Å². The first-order valence-electron chi connectivity index (χ1n) is 8.93. The molecule has 1 aromatic rings. The topological polar surface area (TPSA) is 60.9 Å². The van der Waals surface area contributed by atoms with Gasteiger partial charge in [-0.3, -0.25) is 14.5 Å². The van der Waals surface area contributed by atoms with E-state index in [1.54, 1.807) is 0 Å². The fourth-order valence-corrected chi connectivity index (χ4v) is 3.92. The van der Waals surface area contributed by atoms with E-state index in [1.807, 2.05) is 23.1 Å². The second-order valence-corrected chi connectivity index (χ2v) is 6.92. The van der Waals surface area contributed by atoms with Crippen molar-refractivity contribution in [2.45, 2.75) is 32.2 Å². The fraction of sp³-hybridized carbons (Fsp3) is 0.579. The Morgan fingerprint density at radius 1 is 0.958 bits per heavy atom. The Labute approximate surface area is 143 Å². The van der Waals surface area contributed by atoms with Gasteiger partial charge in [0, 0.05) is 32.7 Å². The van der Waals surface area contributed by atoms with Gasteiger partial charge in [-0.15, -0.1) is 0 Å². The lowest BCUT2D eigenvalue weighted by Crippen LogP contribution is -2.51. The van der Waals surface area contributed by atoms with E-state index in [1.165, 1.54) is 5.56 Å². The van der Waals surface area contributed by atoms with Crippen LogP contribution in [-0.4, -0.2) is 53.0 Å². The zero-order chi connectivity index (χ0) is 16.9. The van der Waals surface area contributed by atoms with Gasteiger partial charge in [0.2, 0.25) is 5.91 Å². The van der Waals surface area contributed by atoms with E-state index in [9.17, 15) is 14.7 Å². The Kier molecular flexibility index (Phi) is 5.51. The minimum absolute atomic E-state index is 0.0569. The Bertz CT molecular complexity index is 567. The molecular weight excluding hydrogens is 304 g/mol. The van der Waals surface area contributed by atoms with Crippen LogP contribution in [0.4, 0.5) is 0 Å². The first kappa shape index (κ1) is 17.0. The number of carboxylic acid groups (broad SMARTS) is 1. The maximum atomic E-state index is 12.8. The first-order chi connectivity index (χ1) is 11.6. The van der Waals surface area contributed by atoms with E-state index < -0.39 is 11.9 Å². The molecule has 1 saturated heterocycles. The molecular formula is C19H26N2O3. The molecule has 0 bridgehead atoms. The molecule has 1 heterocycles. The highest BCUT2D eigenvalue weighted by atomic mass is 16.4. The third-order valence-corrected chi connectivity index (χ3v) is 5.33. The van der Waals surface area contributed by atoms with Crippen molar-refractivity contribution in [2.24, 2.45) is 11.8 Å². The minimum atomic E-state index is -0.809. The van der Waals surface area contributed by atoms with Crippen LogP contribution in [0.5, 0.6) is 0 Å². The number of carbonyl (C=O) groups excluding carboxylic acids is 1. The second-order valence-electron chi connectivity index (χ2n) is 6.92. The van der Waals surface area contributed by atoms with E-state index in [0.29, 0.717) is 19.5 Å². The summed E-state index contributed by atoms with van der Waals surface area (Å²) in [4.78, 5) is 28.4. The maximum Gasteiger partial charge on any atom is 0.307 e. The van der Waals surface area contributed by atoms with Crippen molar-refractivity contribution in [2.75, 3.05) is 26.2 Å². The highest BCUT2D eigenvalue weighted by Gasteiger charge is 2.38. The van der Waals surface area contributed by atoms with E-state index >= 15 is 0 Å². The van der Waals surface area contributed by atoms with Gasteiger partial charge >= 0.3 is 5.97 Å². The minimum Gasteiger partial charge on any atom is -0.481 e. The van der Waals surface area contributed by atoms with Crippen LogP contribution in [0.25, 0.3) is 0 Å². The molecule has 0 radical (unpaired) electrons. The number of hydrogen-bond donors (Lipinski definition) is 1. The van der Waals surface area contributed by atoms with Gasteiger partial charge in [0.05, 0.1) is 11.8 Å². The molecule has 0 aromatic heterocycles. The van der Waals surface area contributed by atoms with Gasteiger partial charge in [0.15, 0.2) is 0 Å². The van der Waals surface area contributed by atoms with Crippen LogP contribution in [-0.2, 0) is 16.1 Å². The molecule has 1 amide bonds. The zero-order valence-electron chi connectivity index (χ0n) is 14.1. The van der Waals surface area contributed by atoms with Crippen LogP contribution < -0.4 is 0 Å². The quantitative estimate of drug-likeness (QED) is 0.919. The van der Waals surface area contributed by atoms with E-state index in [2.05, 4.69) is 17.0 Å². The number of rotatable bonds is 4. The summed E-state index contributed by atoms with van der Waals surface area (Å²) in [6, 6.07) is 10.4. The Morgan fingerprint density at radius 3 is 2.21 bits per heavy atom. The summed E-state index contributed by atoms with van der Waals surface area (Å²) < 4.78 is 0. The molecule has 0 spiro atoms. The van der Waals surface area contributed by atoms with Gasteiger partial charge in [-0.1, -0.05) is 43.2 Å². The van der Waals surface area contributed by atoms with Gasteiger partial charge in [-0.05, 0) is 18.4 Å². The summed E-state index contributed by atoms with van der Waals surface area (Å²) >= 11 is 0. The molecule has 1 aliphatic carbocycles. The second kappa shape index (κ2) is 7.79. The molecule has 1 N–H and O–H groups in total. The van der Waals surface area contributed by atoms with Crippen LogP contribution in [0.2, 0.25) is 0 Å². The summed E-state index contributed by atoms with van der Waals surface area (Å²) in [6.45, 7) is 4.02. The average Bonchev–Trinajstić information content (AvgIpc) is 2.62. The molecule has 1 saturated carbocycles. The van der Waals surface area contributed by atoms with Gasteiger partial charge in [-0.25, -0.2) is 0 Å². The predicted molar refractivity (Wildman–Crippen MR) is 91.4 cm³/mol. The highest BCUT2D eigenvalue weighted by Crippen LogP contribution is 2.32. The normalized spacial score (nSPS) is 25.4. The van der Waals surface area contributed by atoms with Gasteiger partial charge in [-0.2, -0.15) is 0 Å². The number of hydrogen-bond acceptors (Lipinski definition) is 3. The van der Waals surface area contributed by atoms with E-state index in [0.717, 1.165) is 38.9 Å². The molecule has 0 unspecified atom stereocenters. The lowest BCUT2D eigenvalue weighted by molar-refractivity contribution is -0.153. The summed E-state index contributed by atoms with van der Waals surface area (Å²) in [6.07, 6.45) is 3.25. The summed E-state index contributed by atoms with van der Waals surface area (Å²) in [7, 11) is 0. The third kappa shape index (κ3) is 3.96. The van der Waals surface area contributed by atoms with Gasteiger partial charge < -0.3 is 10.0 Å². The molecule has 2 fully saturated rings. The van der Waals surface area contributed by atoms with Crippen molar-refractivity contribution in [3.05, 3.63) is 35.9 Å². The number of piperazine rings is 1. The number of aliphatic carboxylic acids is 1. The molecule has 2 aliphatic rings. The maximum absolute atomic E-state index is 12.8. The molecule has 130 valence electrons. The third-order valence-electron chi connectivity index (χ3n) is 5.33. The number of amides is 1. The van der Waals surface area contributed by atoms with Crippen molar-refractivity contribution in [3.8, 4) is 0 Å². The fourth-order valence-electron chi connectivity index (χ4n) is 3.92. The molecule has 5 heteroatoms. The highest BCUT2D eigenvalue weighted by molar-refractivity contribution is 5.85. The summed E-state index contributed by atoms with van der Waals surface area (Å²) in [5.41, 5.74) is 1.29. The number of carboxylic acids is 1. The van der Waals surface area contributed by atoms with Gasteiger partial charge in [0.1, 0.15) is 0 Å². The standard InChI is InChI=1S/C19H26N2O3/c22-18(16-8-4-5-9-17(16)19(23)24)21-12-10-20(11-13-21)14-15-6-2-1-3-7-15/h1-3,6-7,16-17H,4-5,8-14H2,(H,23,24)/t16-,17+/m0/s1. The lowest BCUT2D eigenvalue weighted by atomic mass is 9.78. The Morgan fingerprint density at radius 2 is 1.58 bits per heavy atom. The van der Waals surface area contributed by atoms with Crippen molar-refractivity contribution in [1.82, 2.24) is 9.80 Å². The lowest BCUT2D eigenvalue weighted by Gasteiger charge is -2.38. The molecule has 3 rings (SSSR count). The van der Waals surface area contributed by atoms with Crippen LogP contribution >= 0.6 is 0 Å². The van der Waals surface area contributed by atoms with E-state index in [-0.39, 0.29) is 11.8 Å². The summed E-state index contributed by atoms with van der Waals surface area (Å²) in [5, 5.41) is 9.38. The molecule has 24 heavy (non-hydrogen) atoms. The van der Waals surface area contributed by atoms with Crippen molar-refractivity contribution in [3.63, 3.8) is 0 Å². The average molecular weight is 330 g/mol. The van der Waals surface area contributed by atoms with Crippen LogP contribution in [0, 0.1) is 11.8 Å². The Balaban J connectivity index is 1.54. The molecule has 1 aromatic carbocycles. The van der Waals surface area contributed by atoms with Crippen molar-refractivity contribution < 1.29 is 14.7 Å². The largest absolute Gasteiger partial charge is 0.481 e. The smallest absolute Gasteiger partial charge is 0.307 e. The molecule has 5 nitrogen and oxygen atoms in total. The number of carbonyl (C=O) groups is 2. The Hall–Kier alpha value is -1.88. The number of nitrogens with zero attached hydrogens (tertiary/aromatic N) is 2. The molecule has 2 atom stereocenters. The van der Waals surface area contributed by atoms with Crippen LogP contribution in [0.1, 0.15) is 31.2 Å². The zero-order valence-corrected chi connectivity index (χ0v) is 14.1. The first-order valence-corrected chi connectivity index (χ1v) is 8.93. The van der Waals surface area contributed by atoms with Crippen molar-refractivity contribution in [1.29, 1.82) is 0 Å². The predicted octanol–water partition coefficient (Wildman–Crippen LogP) is 2.22.